The number of aryl methyl sites for hydroxylation is 1. The van der Waals surface area contributed by atoms with Crippen molar-refractivity contribution in [3.63, 3.8) is 0 Å². The number of aromatic nitrogens is 4. The molecule has 10 nitrogen and oxygen atoms in total. The van der Waals surface area contributed by atoms with Crippen LogP contribution in [0, 0.1) is 6.92 Å². The second-order valence-electron chi connectivity index (χ2n) is 6.63. The molecular weight excluding hydrogens is 434 g/mol. The first kappa shape index (κ1) is 23.2. The molecule has 1 N–H and O–H groups in total. The maximum Gasteiger partial charge on any atom is 0.230 e. The molecule has 1 heterocycles. The molecule has 2 aromatic carbocycles. The highest BCUT2D eigenvalue weighted by molar-refractivity contribution is 7.99. The van der Waals surface area contributed by atoms with E-state index in [2.05, 4.69) is 20.8 Å². The Morgan fingerprint density at radius 2 is 1.66 bits per heavy atom. The van der Waals surface area contributed by atoms with Gasteiger partial charge in [-0.1, -0.05) is 17.8 Å². The predicted molar refractivity (Wildman–Crippen MR) is 119 cm³/mol. The van der Waals surface area contributed by atoms with Gasteiger partial charge in [-0.3, -0.25) is 4.79 Å². The van der Waals surface area contributed by atoms with Gasteiger partial charge in [-0.25, -0.2) is 0 Å². The summed E-state index contributed by atoms with van der Waals surface area (Å²) in [5.74, 6) is 2.27. The number of methoxy groups -OCH3 is 4. The molecule has 3 aromatic rings. The summed E-state index contributed by atoms with van der Waals surface area (Å²) in [7, 11) is 6.25. The van der Waals surface area contributed by atoms with Crippen LogP contribution in [0.4, 0.5) is 0 Å². The summed E-state index contributed by atoms with van der Waals surface area (Å²) in [5, 5.41) is 15.2. The Balaban J connectivity index is 1.66. The maximum atomic E-state index is 12.5. The highest BCUT2D eigenvalue weighted by atomic mass is 32.2. The molecule has 170 valence electrons. The van der Waals surface area contributed by atoms with E-state index in [1.165, 1.54) is 11.8 Å². The first-order valence-electron chi connectivity index (χ1n) is 9.62. The van der Waals surface area contributed by atoms with Crippen molar-refractivity contribution in [1.82, 2.24) is 25.5 Å². The number of tetrazole rings is 1. The van der Waals surface area contributed by atoms with E-state index in [4.69, 9.17) is 18.9 Å². The minimum absolute atomic E-state index is 0.129. The zero-order valence-corrected chi connectivity index (χ0v) is 19.4. The van der Waals surface area contributed by atoms with Crippen LogP contribution in [-0.4, -0.2) is 60.3 Å². The second kappa shape index (κ2) is 10.7. The summed E-state index contributed by atoms with van der Waals surface area (Å²) in [6.45, 7) is 2.23. The van der Waals surface area contributed by atoms with Gasteiger partial charge in [0.2, 0.25) is 11.1 Å². The number of amides is 1. The first-order chi connectivity index (χ1) is 15.5. The number of hydrogen-bond acceptors (Lipinski definition) is 9. The number of hydrogen-bond donors (Lipinski definition) is 1. The van der Waals surface area contributed by atoms with Gasteiger partial charge in [-0.05, 0) is 41.1 Å². The molecule has 0 atom stereocenters. The number of carbonyl (C=O) groups excluding carboxylic acids is 1. The third kappa shape index (κ3) is 5.22. The number of nitrogens with one attached hydrogen (secondary N) is 1. The molecule has 32 heavy (non-hydrogen) atoms. The van der Waals surface area contributed by atoms with E-state index in [1.54, 1.807) is 45.3 Å². The van der Waals surface area contributed by atoms with Crippen molar-refractivity contribution in [2.75, 3.05) is 34.2 Å². The van der Waals surface area contributed by atoms with Crippen LogP contribution >= 0.6 is 11.8 Å². The molecule has 0 aliphatic rings. The fourth-order valence-electron chi connectivity index (χ4n) is 2.99. The van der Waals surface area contributed by atoms with Crippen molar-refractivity contribution >= 4 is 17.7 Å². The molecule has 11 heteroatoms. The fraction of sp³-hybridized carbons (Fsp3) is 0.333. The zero-order valence-electron chi connectivity index (χ0n) is 18.5. The Kier molecular flexibility index (Phi) is 7.77. The van der Waals surface area contributed by atoms with E-state index in [1.807, 2.05) is 25.1 Å². The molecule has 1 aromatic heterocycles. The normalized spacial score (nSPS) is 10.5. The Bertz CT molecular complexity index is 1090. The van der Waals surface area contributed by atoms with Crippen LogP contribution in [0.5, 0.6) is 23.0 Å². The summed E-state index contributed by atoms with van der Waals surface area (Å²) < 4.78 is 23.0. The van der Waals surface area contributed by atoms with Crippen molar-refractivity contribution in [2.24, 2.45) is 0 Å². The summed E-state index contributed by atoms with van der Waals surface area (Å²) in [6.07, 6.45) is 0. The SMILES string of the molecule is COc1cc(OC)c(OC)cc1CNC(=O)CSc1nnnn1-c1cc(C)ccc1OC. The van der Waals surface area contributed by atoms with Crippen LogP contribution in [0.3, 0.4) is 0 Å². The van der Waals surface area contributed by atoms with Crippen molar-refractivity contribution < 1.29 is 23.7 Å². The monoisotopic (exact) mass is 459 g/mol. The quantitative estimate of drug-likeness (QED) is 0.457. The minimum Gasteiger partial charge on any atom is -0.496 e. The van der Waals surface area contributed by atoms with Crippen LogP contribution in [0.15, 0.2) is 35.5 Å². The average Bonchev–Trinajstić information content (AvgIpc) is 3.29. The highest BCUT2D eigenvalue weighted by Gasteiger charge is 2.16. The number of ether oxygens (including phenoxy) is 4. The standard InChI is InChI=1S/C21H25N5O5S/c1-13-6-7-16(28-2)15(8-13)26-21(23-24-25-26)32-12-20(27)22-11-14-9-18(30-4)19(31-5)10-17(14)29-3/h6-10H,11-12H2,1-5H3,(H,22,27). The van der Waals surface area contributed by atoms with Crippen molar-refractivity contribution in [1.29, 1.82) is 0 Å². The lowest BCUT2D eigenvalue weighted by Gasteiger charge is -2.14. The lowest BCUT2D eigenvalue weighted by Crippen LogP contribution is -2.25. The van der Waals surface area contributed by atoms with Gasteiger partial charge in [0.05, 0.1) is 34.2 Å². The Morgan fingerprint density at radius 3 is 2.34 bits per heavy atom. The summed E-state index contributed by atoms with van der Waals surface area (Å²) >= 11 is 1.22. The molecule has 0 fully saturated rings. The summed E-state index contributed by atoms with van der Waals surface area (Å²) in [4.78, 5) is 12.5. The van der Waals surface area contributed by atoms with E-state index >= 15 is 0 Å². The Morgan fingerprint density at radius 1 is 0.969 bits per heavy atom. The lowest BCUT2D eigenvalue weighted by atomic mass is 10.1. The van der Waals surface area contributed by atoms with Gasteiger partial charge in [0, 0.05) is 18.2 Å². The van der Waals surface area contributed by atoms with Crippen molar-refractivity contribution in [3.8, 4) is 28.7 Å². The Hall–Kier alpha value is -3.47. The molecule has 3 rings (SSSR count). The first-order valence-corrected chi connectivity index (χ1v) is 10.6. The van der Waals surface area contributed by atoms with Gasteiger partial charge in [0.25, 0.3) is 0 Å². The van der Waals surface area contributed by atoms with Crippen molar-refractivity contribution in [3.05, 3.63) is 41.5 Å². The molecular formula is C21H25N5O5S. The minimum atomic E-state index is -0.183. The van der Waals surface area contributed by atoms with E-state index in [-0.39, 0.29) is 18.2 Å². The molecule has 0 radical (unpaired) electrons. The topological polar surface area (TPSA) is 110 Å². The molecule has 0 saturated heterocycles. The molecule has 0 aliphatic heterocycles. The largest absolute Gasteiger partial charge is 0.496 e. The van der Waals surface area contributed by atoms with Gasteiger partial charge < -0.3 is 24.3 Å². The summed E-state index contributed by atoms with van der Waals surface area (Å²) in [5.41, 5.74) is 2.50. The molecule has 0 spiro atoms. The molecule has 0 unspecified atom stereocenters. The fourth-order valence-corrected chi connectivity index (χ4v) is 3.70. The molecule has 0 aliphatic carbocycles. The number of nitrogens with zero attached hydrogens (tertiary/aromatic N) is 4. The lowest BCUT2D eigenvalue weighted by molar-refractivity contribution is -0.118. The molecule has 0 bridgehead atoms. The average molecular weight is 460 g/mol. The van der Waals surface area contributed by atoms with Gasteiger partial charge in [-0.2, -0.15) is 4.68 Å². The van der Waals surface area contributed by atoms with E-state index in [0.717, 1.165) is 11.1 Å². The number of benzene rings is 2. The van der Waals surface area contributed by atoms with Crippen LogP contribution in [0.25, 0.3) is 5.69 Å². The van der Waals surface area contributed by atoms with Gasteiger partial charge in [-0.15, -0.1) is 5.10 Å². The predicted octanol–water partition coefficient (Wildman–Crippen LogP) is 2.41. The number of rotatable bonds is 10. The van der Waals surface area contributed by atoms with Gasteiger partial charge in [0.15, 0.2) is 11.5 Å². The van der Waals surface area contributed by atoms with Crippen LogP contribution in [-0.2, 0) is 11.3 Å². The zero-order chi connectivity index (χ0) is 23.1. The van der Waals surface area contributed by atoms with E-state index < -0.39 is 0 Å². The molecule has 0 saturated carbocycles. The third-order valence-electron chi connectivity index (χ3n) is 4.60. The number of thioether (sulfide) groups is 1. The van der Waals surface area contributed by atoms with Crippen LogP contribution in [0.2, 0.25) is 0 Å². The maximum absolute atomic E-state index is 12.5. The molecule has 1 amide bonds. The Labute approximate surface area is 190 Å². The third-order valence-corrected chi connectivity index (χ3v) is 5.52. The van der Waals surface area contributed by atoms with Crippen LogP contribution < -0.4 is 24.3 Å². The van der Waals surface area contributed by atoms with Crippen molar-refractivity contribution in [2.45, 2.75) is 18.6 Å². The highest BCUT2D eigenvalue weighted by Crippen LogP contribution is 2.34. The van der Waals surface area contributed by atoms with E-state index in [9.17, 15) is 4.79 Å². The van der Waals surface area contributed by atoms with Crippen LogP contribution in [0.1, 0.15) is 11.1 Å². The summed E-state index contributed by atoms with van der Waals surface area (Å²) in [6, 6.07) is 9.20. The van der Waals surface area contributed by atoms with Gasteiger partial charge >= 0.3 is 0 Å². The van der Waals surface area contributed by atoms with E-state index in [0.29, 0.717) is 33.8 Å². The van der Waals surface area contributed by atoms with Gasteiger partial charge in [0.1, 0.15) is 17.2 Å². The number of carbonyl (C=O) groups is 1. The smallest absolute Gasteiger partial charge is 0.230 e. The second-order valence-corrected chi connectivity index (χ2v) is 7.58.